The van der Waals surface area contributed by atoms with E-state index in [1.807, 2.05) is 0 Å². The second-order valence-electron chi connectivity index (χ2n) is 2.71. The van der Waals surface area contributed by atoms with Crippen LogP contribution in [0.1, 0.15) is 5.56 Å². The molecule has 2 aromatic heterocycles. The van der Waals surface area contributed by atoms with Crippen LogP contribution in [0.3, 0.4) is 0 Å². The molecular formula is C7H3ClF3N5. The van der Waals surface area contributed by atoms with E-state index in [2.05, 4.69) is 20.1 Å². The smallest absolute Gasteiger partial charge is 0.223 e. The van der Waals surface area contributed by atoms with Crippen LogP contribution in [-0.4, -0.2) is 24.7 Å². The molecule has 0 aliphatic carbocycles. The van der Waals surface area contributed by atoms with E-state index in [1.54, 1.807) is 0 Å². The molecule has 84 valence electrons. The minimum absolute atomic E-state index is 0.0736. The lowest BCUT2D eigenvalue weighted by Gasteiger charge is -2.07. The number of aromatic nitrogens is 5. The van der Waals surface area contributed by atoms with Crippen molar-refractivity contribution in [2.45, 2.75) is 6.18 Å². The van der Waals surface area contributed by atoms with E-state index >= 15 is 0 Å². The summed E-state index contributed by atoms with van der Waals surface area (Å²) in [5, 5.41) is 2.99. The zero-order chi connectivity index (χ0) is 11.8. The molecule has 2 rings (SSSR count). The number of rotatable bonds is 1. The average molecular weight is 250 g/mol. The van der Waals surface area contributed by atoms with Gasteiger partial charge in [-0.1, -0.05) is 11.6 Å². The Hall–Kier alpha value is -1.70. The van der Waals surface area contributed by atoms with Crippen LogP contribution in [0.5, 0.6) is 0 Å². The van der Waals surface area contributed by atoms with Crippen LogP contribution in [0.15, 0.2) is 18.9 Å². The molecular weight excluding hydrogens is 247 g/mol. The van der Waals surface area contributed by atoms with E-state index in [1.165, 1.54) is 12.7 Å². The molecule has 0 radical (unpaired) electrons. The molecule has 0 fully saturated rings. The first-order valence-electron chi connectivity index (χ1n) is 3.93. The van der Waals surface area contributed by atoms with Crippen molar-refractivity contribution < 1.29 is 13.2 Å². The fraction of sp³-hybridized carbons (Fsp3) is 0.143. The van der Waals surface area contributed by atoms with Gasteiger partial charge in [0.05, 0.1) is 0 Å². The van der Waals surface area contributed by atoms with Gasteiger partial charge in [-0.3, -0.25) is 0 Å². The first-order valence-corrected chi connectivity index (χ1v) is 4.31. The van der Waals surface area contributed by atoms with E-state index in [0.717, 1.165) is 4.68 Å². The molecule has 0 saturated heterocycles. The summed E-state index contributed by atoms with van der Waals surface area (Å²) in [5.74, 6) is -0.0736. The molecule has 0 unspecified atom stereocenters. The third-order valence-electron chi connectivity index (χ3n) is 1.66. The van der Waals surface area contributed by atoms with Crippen LogP contribution in [0.25, 0.3) is 5.95 Å². The largest absolute Gasteiger partial charge is 0.420 e. The third-order valence-corrected chi connectivity index (χ3v) is 1.95. The van der Waals surface area contributed by atoms with Crippen molar-refractivity contribution >= 4 is 11.6 Å². The van der Waals surface area contributed by atoms with Gasteiger partial charge in [0, 0.05) is 6.20 Å². The summed E-state index contributed by atoms with van der Waals surface area (Å²) in [5.41, 5.74) is -1.09. The second kappa shape index (κ2) is 3.71. The summed E-state index contributed by atoms with van der Waals surface area (Å²) in [4.78, 5) is 10.6. The Morgan fingerprint density at radius 1 is 1.31 bits per heavy atom. The molecule has 2 heterocycles. The first-order chi connectivity index (χ1) is 7.48. The fourth-order valence-corrected chi connectivity index (χ4v) is 1.20. The molecule has 0 N–H and O–H groups in total. The SMILES string of the molecule is FC(F)(F)c1cnc(-n2cncn2)nc1Cl. The Balaban J connectivity index is 2.45. The third kappa shape index (κ3) is 1.96. The molecule has 9 heteroatoms. The maximum Gasteiger partial charge on any atom is 0.420 e. The zero-order valence-corrected chi connectivity index (χ0v) is 8.24. The molecule has 5 nitrogen and oxygen atoms in total. The number of hydrogen-bond donors (Lipinski definition) is 0. The van der Waals surface area contributed by atoms with Gasteiger partial charge in [0.25, 0.3) is 5.95 Å². The van der Waals surface area contributed by atoms with Crippen molar-refractivity contribution in [3.8, 4) is 5.95 Å². The Kier molecular flexibility index (Phi) is 2.50. The highest BCUT2D eigenvalue weighted by molar-refractivity contribution is 6.30. The van der Waals surface area contributed by atoms with Gasteiger partial charge in [0.15, 0.2) is 0 Å². The Morgan fingerprint density at radius 2 is 2.06 bits per heavy atom. The summed E-state index contributed by atoms with van der Waals surface area (Å²) in [6, 6.07) is 0. The van der Waals surface area contributed by atoms with Crippen molar-refractivity contribution in [2.75, 3.05) is 0 Å². The van der Waals surface area contributed by atoms with Gasteiger partial charge >= 0.3 is 6.18 Å². The van der Waals surface area contributed by atoms with Crippen LogP contribution in [-0.2, 0) is 6.18 Å². The molecule has 0 atom stereocenters. The topological polar surface area (TPSA) is 56.5 Å². The van der Waals surface area contributed by atoms with E-state index < -0.39 is 16.9 Å². The van der Waals surface area contributed by atoms with Crippen molar-refractivity contribution in [1.82, 2.24) is 24.7 Å². The number of halogens is 4. The standard InChI is InChI=1S/C7H3ClF3N5/c8-5-4(7(9,10)11)1-13-6(15-5)16-3-12-2-14-16/h1-3H. The lowest BCUT2D eigenvalue weighted by molar-refractivity contribution is -0.138. The lowest BCUT2D eigenvalue weighted by Crippen LogP contribution is -2.10. The second-order valence-corrected chi connectivity index (χ2v) is 3.07. The Morgan fingerprint density at radius 3 is 2.56 bits per heavy atom. The molecule has 2 aromatic rings. The van der Waals surface area contributed by atoms with E-state index in [0.29, 0.717) is 6.20 Å². The highest BCUT2D eigenvalue weighted by Crippen LogP contribution is 2.32. The van der Waals surface area contributed by atoms with Gasteiger partial charge in [-0.05, 0) is 0 Å². The summed E-state index contributed by atoms with van der Waals surface area (Å²) in [7, 11) is 0. The van der Waals surface area contributed by atoms with Crippen LogP contribution in [0, 0.1) is 0 Å². The summed E-state index contributed by atoms with van der Waals surface area (Å²) < 4.78 is 38.1. The minimum atomic E-state index is -4.57. The number of hydrogen-bond acceptors (Lipinski definition) is 4. The van der Waals surface area contributed by atoms with Crippen molar-refractivity contribution in [3.05, 3.63) is 29.6 Å². The average Bonchev–Trinajstić information content (AvgIpc) is 2.68. The van der Waals surface area contributed by atoms with E-state index in [4.69, 9.17) is 11.6 Å². The molecule has 0 bridgehead atoms. The van der Waals surface area contributed by atoms with Gasteiger partial charge in [-0.25, -0.2) is 9.97 Å². The molecule has 0 aliphatic rings. The Bertz CT molecular complexity index is 495. The van der Waals surface area contributed by atoms with Gasteiger partial charge in [-0.15, -0.1) is 0 Å². The summed E-state index contributed by atoms with van der Waals surface area (Å²) in [6.45, 7) is 0. The van der Waals surface area contributed by atoms with Gasteiger partial charge in [0.2, 0.25) is 0 Å². The molecule has 0 amide bonds. The highest BCUT2D eigenvalue weighted by Gasteiger charge is 2.34. The normalized spacial score (nSPS) is 11.8. The highest BCUT2D eigenvalue weighted by atomic mass is 35.5. The fourth-order valence-electron chi connectivity index (χ4n) is 0.964. The predicted octanol–water partition coefficient (Wildman–Crippen LogP) is 1.73. The lowest BCUT2D eigenvalue weighted by atomic mass is 10.3. The Labute approximate surface area is 91.9 Å². The number of alkyl halides is 3. The quantitative estimate of drug-likeness (QED) is 0.722. The molecule has 0 spiro atoms. The first kappa shape index (κ1) is 10.8. The van der Waals surface area contributed by atoms with Crippen LogP contribution < -0.4 is 0 Å². The minimum Gasteiger partial charge on any atom is -0.223 e. The van der Waals surface area contributed by atoms with Crippen molar-refractivity contribution in [1.29, 1.82) is 0 Å². The zero-order valence-electron chi connectivity index (χ0n) is 7.48. The van der Waals surface area contributed by atoms with Crippen LogP contribution >= 0.6 is 11.6 Å². The molecule has 16 heavy (non-hydrogen) atoms. The molecule has 0 aliphatic heterocycles. The van der Waals surface area contributed by atoms with Gasteiger partial charge in [0.1, 0.15) is 23.4 Å². The maximum absolute atomic E-state index is 12.3. The maximum atomic E-state index is 12.3. The van der Waals surface area contributed by atoms with Crippen molar-refractivity contribution in [2.24, 2.45) is 0 Å². The van der Waals surface area contributed by atoms with Gasteiger partial charge in [-0.2, -0.15) is 27.9 Å². The molecule has 0 aromatic carbocycles. The van der Waals surface area contributed by atoms with Crippen LogP contribution in [0.2, 0.25) is 5.15 Å². The summed E-state index contributed by atoms with van der Waals surface area (Å²) >= 11 is 5.40. The number of nitrogens with zero attached hydrogens (tertiary/aromatic N) is 5. The van der Waals surface area contributed by atoms with E-state index in [-0.39, 0.29) is 5.95 Å². The predicted molar refractivity (Wildman–Crippen MR) is 47.0 cm³/mol. The van der Waals surface area contributed by atoms with Gasteiger partial charge < -0.3 is 0 Å². The molecule has 0 saturated carbocycles. The van der Waals surface area contributed by atoms with Crippen LogP contribution in [0.4, 0.5) is 13.2 Å². The van der Waals surface area contributed by atoms with E-state index in [9.17, 15) is 13.2 Å². The monoisotopic (exact) mass is 249 g/mol. The van der Waals surface area contributed by atoms with Crippen molar-refractivity contribution in [3.63, 3.8) is 0 Å². The summed E-state index contributed by atoms with van der Waals surface area (Å²) in [6.07, 6.45) is -1.52.